The maximum Gasteiger partial charge on any atom is 0.295 e. The smallest absolute Gasteiger partial charge is 0.295 e. The molecule has 0 fully saturated rings. The molecule has 1 N–H and O–H groups in total. The van der Waals surface area contributed by atoms with E-state index in [9.17, 15) is 18.9 Å². The summed E-state index contributed by atoms with van der Waals surface area (Å²) in [4.78, 5) is 10.1. The van der Waals surface area contributed by atoms with E-state index < -0.39 is 27.9 Å². The maximum absolute atomic E-state index is 13.7. The Kier molecular flexibility index (Phi) is 4.74. The summed E-state index contributed by atoms with van der Waals surface area (Å²) in [6, 6.07) is 6.58. The largest absolute Gasteiger partial charge is 0.373 e. The lowest BCUT2D eigenvalue weighted by Gasteiger charge is -2.10. The molecule has 0 aliphatic rings. The third-order valence-electron chi connectivity index (χ3n) is 2.73. The van der Waals surface area contributed by atoms with Crippen LogP contribution >= 0.6 is 27.5 Å². The lowest BCUT2D eigenvalue weighted by Crippen LogP contribution is -2.06. The van der Waals surface area contributed by atoms with Gasteiger partial charge in [-0.2, -0.15) is 0 Å². The molecule has 2 aromatic rings. The lowest BCUT2D eigenvalue weighted by atomic mass is 10.2. The zero-order valence-corrected chi connectivity index (χ0v) is 12.7. The van der Waals surface area contributed by atoms with Crippen molar-refractivity contribution in [3.8, 4) is 0 Å². The van der Waals surface area contributed by atoms with Crippen LogP contribution in [-0.4, -0.2) is 4.92 Å². The van der Waals surface area contributed by atoms with Crippen LogP contribution in [-0.2, 0) is 6.54 Å². The fourth-order valence-electron chi connectivity index (χ4n) is 1.72. The average Bonchev–Trinajstić information content (AvgIpc) is 2.43. The van der Waals surface area contributed by atoms with E-state index in [1.807, 2.05) is 0 Å². The van der Waals surface area contributed by atoms with E-state index >= 15 is 0 Å². The number of nitro benzene ring substituents is 1. The summed E-state index contributed by atoms with van der Waals surface area (Å²) in [6.45, 7) is 0.0440. The standard InChI is InChI=1S/C13H8BrClF2N2O2/c14-9-2-1-8(15)5-7(9)6-18-13-11(19(20)21)4-3-10(16)12(13)17/h1-5,18H,6H2. The van der Waals surface area contributed by atoms with Crippen LogP contribution in [0.15, 0.2) is 34.8 Å². The number of nitrogens with zero attached hydrogens (tertiary/aromatic N) is 1. The summed E-state index contributed by atoms with van der Waals surface area (Å²) >= 11 is 9.13. The third-order valence-corrected chi connectivity index (χ3v) is 3.74. The van der Waals surface area contributed by atoms with Crippen LogP contribution in [0.4, 0.5) is 20.2 Å². The fourth-order valence-corrected chi connectivity index (χ4v) is 2.30. The minimum atomic E-state index is -1.29. The van der Waals surface area contributed by atoms with Gasteiger partial charge in [-0.25, -0.2) is 8.78 Å². The number of nitro groups is 1. The Morgan fingerprint density at radius 2 is 2.00 bits per heavy atom. The number of hydrogen-bond acceptors (Lipinski definition) is 3. The van der Waals surface area contributed by atoms with Gasteiger partial charge in [0.05, 0.1) is 4.92 Å². The molecule has 0 spiro atoms. The fraction of sp³-hybridized carbons (Fsp3) is 0.0769. The third kappa shape index (κ3) is 3.48. The molecule has 0 radical (unpaired) electrons. The van der Waals surface area contributed by atoms with E-state index in [-0.39, 0.29) is 6.54 Å². The second-order valence-electron chi connectivity index (χ2n) is 4.10. The predicted molar refractivity (Wildman–Crippen MR) is 79.5 cm³/mol. The SMILES string of the molecule is O=[N+]([O-])c1ccc(F)c(F)c1NCc1cc(Cl)ccc1Br. The highest BCUT2D eigenvalue weighted by Gasteiger charge is 2.21. The highest BCUT2D eigenvalue weighted by Crippen LogP contribution is 2.30. The number of benzene rings is 2. The number of rotatable bonds is 4. The molecule has 0 aliphatic carbocycles. The summed E-state index contributed by atoms with van der Waals surface area (Å²) < 4.78 is 27.6. The van der Waals surface area contributed by atoms with Crippen LogP contribution in [0.5, 0.6) is 0 Å². The second kappa shape index (κ2) is 6.36. The molecule has 4 nitrogen and oxygen atoms in total. The van der Waals surface area contributed by atoms with Gasteiger partial charge < -0.3 is 5.32 Å². The Morgan fingerprint density at radius 3 is 2.67 bits per heavy atom. The molecule has 8 heteroatoms. The molecule has 110 valence electrons. The van der Waals surface area contributed by atoms with Gasteiger partial charge in [-0.1, -0.05) is 27.5 Å². The molecular formula is C13H8BrClF2N2O2. The molecule has 0 aliphatic heterocycles. The Balaban J connectivity index is 2.33. The average molecular weight is 378 g/mol. The summed E-state index contributed by atoms with van der Waals surface area (Å²) in [6.07, 6.45) is 0. The van der Waals surface area contributed by atoms with Gasteiger partial charge in [0.25, 0.3) is 5.69 Å². The number of nitrogens with one attached hydrogen (secondary N) is 1. The van der Waals surface area contributed by atoms with Crippen molar-refractivity contribution < 1.29 is 13.7 Å². The molecule has 2 aromatic carbocycles. The van der Waals surface area contributed by atoms with Crippen LogP contribution in [0.1, 0.15) is 5.56 Å². The van der Waals surface area contributed by atoms with E-state index in [2.05, 4.69) is 21.2 Å². The van der Waals surface area contributed by atoms with Gasteiger partial charge in [0.15, 0.2) is 17.3 Å². The minimum Gasteiger partial charge on any atom is -0.373 e. The van der Waals surface area contributed by atoms with E-state index in [1.165, 1.54) is 0 Å². The molecule has 0 bridgehead atoms. The lowest BCUT2D eigenvalue weighted by molar-refractivity contribution is -0.384. The Labute approximate surface area is 132 Å². The van der Waals surface area contributed by atoms with Gasteiger partial charge in [-0.05, 0) is 29.8 Å². The minimum absolute atomic E-state index is 0.0440. The number of anilines is 1. The molecule has 0 amide bonds. The molecule has 0 saturated heterocycles. The van der Waals surface area contributed by atoms with Gasteiger partial charge in [-0.3, -0.25) is 10.1 Å². The first kappa shape index (κ1) is 15.7. The quantitative estimate of drug-likeness (QED) is 0.609. The van der Waals surface area contributed by atoms with Crippen molar-refractivity contribution in [1.29, 1.82) is 0 Å². The van der Waals surface area contributed by atoms with Crippen molar-refractivity contribution in [3.63, 3.8) is 0 Å². The van der Waals surface area contributed by atoms with Gasteiger partial charge in [0.2, 0.25) is 0 Å². The zero-order chi connectivity index (χ0) is 15.6. The second-order valence-corrected chi connectivity index (χ2v) is 5.39. The van der Waals surface area contributed by atoms with Crippen molar-refractivity contribution in [2.24, 2.45) is 0 Å². The summed E-state index contributed by atoms with van der Waals surface area (Å²) in [7, 11) is 0. The van der Waals surface area contributed by atoms with Gasteiger partial charge in [-0.15, -0.1) is 0 Å². The first-order chi connectivity index (χ1) is 9.90. The van der Waals surface area contributed by atoms with Gasteiger partial charge in [0.1, 0.15) is 0 Å². The molecule has 0 heterocycles. The monoisotopic (exact) mass is 376 g/mol. The highest BCUT2D eigenvalue weighted by atomic mass is 79.9. The van der Waals surface area contributed by atoms with Crippen LogP contribution < -0.4 is 5.32 Å². The van der Waals surface area contributed by atoms with E-state index in [0.29, 0.717) is 21.1 Å². The van der Waals surface area contributed by atoms with Crippen molar-refractivity contribution >= 4 is 38.9 Å². The van der Waals surface area contributed by atoms with Gasteiger partial charge in [0, 0.05) is 22.1 Å². The first-order valence-corrected chi connectivity index (χ1v) is 6.87. The Hall–Kier alpha value is -1.73. The highest BCUT2D eigenvalue weighted by molar-refractivity contribution is 9.10. The summed E-state index contributed by atoms with van der Waals surface area (Å²) in [5, 5.41) is 13.9. The molecule has 21 heavy (non-hydrogen) atoms. The molecule has 0 saturated carbocycles. The molecule has 0 aromatic heterocycles. The number of hydrogen-bond donors (Lipinski definition) is 1. The predicted octanol–water partition coefficient (Wildman–Crippen LogP) is 4.90. The Morgan fingerprint density at radius 1 is 1.29 bits per heavy atom. The van der Waals surface area contributed by atoms with Crippen molar-refractivity contribution in [1.82, 2.24) is 0 Å². The number of halogens is 4. The normalized spacial score (nSPS) is 10.5. The van der Waals surface area contributed by atoms with Crippen LogP contribution in [0.3, 0.4) is 0 Å². The van der Waals surface area contributed by atoms with E-state index in [0.717, 1.165) is 6.07 Å². The zero-order valence-electron chi connectivity index (χ0n) is 10.4. The van der Waals surface area contributed by atoms with Crippen molar-refractivity contribution in [3.05, 3.63) is 67.1 Å². The van der Waals surface area contributed by atoms with Crippen LogP contribution in [0, 0.1) is 21.7 Å². The maximum atomic E-state index is 13.7. The van der Waals surface area contributed by atoms with E-state index in [1.54, 1.807) is 18.2 Å². The summed E-state index contributed by atoms with van der Waals surface area (Å²) in [5.74, 6) is -2.45. The topological polar surface area (TPSA) is 55.2 Å². The van der Waals surface area contributed by atoms with Crippen molar-refractivity contribution in [2.75, 3.05) is 5.32 Å². The molecule has 2 rings (SSSR count). The molecular weight excluding hydrogens is 370 g/mol. The van der Waals surface area contributed by atoms with Crippen LogP contribution in [0.2, 0.25) is 5.02 Å². The summed E-state index contributed by atoms with van der Waals surface area (Å²) in [5.41, 5.74) is -0.376. The van der Waals surface area contributed by atoms with Gasteiger partial charge >= 0.3 is 0 Å². The molecule has 0 unspecified atom stereocenters. The first-order valence-electron chi connectivity index (χ1n) is 5.70. The van der Waals surface area contributed by atoms with Crippen LogP contribution in [0.25, 0.3) is 0 Å². The molecule has 0 atom stereocenters. The Bertz CT molecular complexity index is 713. The van der Waals surface area contributed by atoms with Crippen molar-refractivity contribution in [2.45, 2.75) is 6.54 Å². The van der Waals surface area contributed by atoms with E-state index in [4.69, 9.17) is 11.6 Å².